The Morgan fingerprint density at radius 1 is 1.17 bits per heavy atom. The maximum atomic E-state index is 13.6. The normalized spacial score (nSPS) is 11.2. The second-order valence-electron chi connectivity index (χ2n) is 4.72. The third-order valence-electron chi connectivity index (χ3n) is 3.07. The number of nitrogens with one attached hydrogen (secondary N) is 1. The lowest BCUT2D eigenvalue weighted by atomic mass is 10.1. The standard InChI is InChI=1S/C17H16F2N2O2/c1-3-23-14-7-4-12(5-8-14)17(22)21-20-11(2)15-9-6-13(18)10-16(15)19/h4-10H,3H2,1-2H3,(H,21,22)/b20-11-. The largest absolute Gasteiger partial charge is 0.494 e. The molecule has 23 heavy (non-hydrogen) atoms. The van der Waals surface area contributed by atoms with Crippen LogP contribution < -0.4 is 10.2 Å². The molecule has 120 valence electrons. The van der Waals surface area contributed by atoms with E-state index in [0.717, 1.165) is 12.1 Å². The van der Waals surface area contributed by atoms with Gasteiger partial charge in [-0.05, 0) is 50.2 Å². The zero-order valence-corrected chi connectivity index (χ0v) is 12.8. The molecule has 0 bridgehead atoms. The van der Waals surface area contributed by atoms with Crippen molar-refractivity contribution in [3.05, 3.63) is 65.2 Å². The van der Waals surface area contributed by atoms with E-state index in [2.05, 4.69) is 10.5 Å². The van der Waals surface area contributed by atoms with E-state index in [-0.39, 0.29) is 11.3 Å². The van der Waals surface area contributed by atoms with Crippen LogP contribution in [0.25, 0.3) is 0 Å². The van der Waals surface area contributed by atoms with Crippen LogP contribution in [0.3, 0.4) is 0 Å². The van der Waals surface area contributed by atoms with Crippen molar-refractivity contribution in [1.82, 2.24) is 5.43 Å². The van der Waals surface area contributed by atoms with Gasteiger partial charge in [-0.15, -0.1) is 0 Å². The van der Waals surface area contributed by atoms with Crippen molar-refractivity contribution in [3.8, 4) is 5.75 Å². The number of carbonyl (C=O) groups excluding carboxylic acids is 1. The van der Waals surface area contributed by atoms with Crippen molar-refractivity contribution in [2.75, 3.05) is 6.61 Å². The SMILES string of the molecule is CCOc1ccc(C(=O)N/N=C(/C)c2ccc(F)cc2F)cc1. The van der Waals surface area contributed by atoms with E-state index in [0.29, 0.717) is 17.9 Å². The van der Waals surface area contributed by atoms with Crippen LogP contribution in [0.15, 0.2) is 47.6 Å². The number of rotatable bonds is 5. The van der Waals surface area contributed by atoms with Crippen molar-refractivity contribution in [2.45, 2.75) is 13.8 Å². The van der Waals surface area contributed by atoms with Crippen molar-refractivity contribution in [1.29, 1.82) is 0 Å². The summed E-state index contributed by atoms with van der Waals surface area (Å²) in [6.07, 6.45) is 0. The Balaban J connectivity index is 2.07. The van der Waals surface area contributed by atoms with Crippen LogP contribution in [0.5, 0.6) is 5.75 Å². The van der Waals surface area contributed by atoms with Crippen molar-refractivity contribution < 1.29 is 18.3 Å². The predicted molar refractivity (Wildman–Crippen MR) is 83.6 cm³/mol. The van der Waals surface area contributed by atoms with Gasteiger partial charge >= 0.3 is 0 Å². The lowest BCUT2D eigenvalue weighted by Gasteiger charge is -2.06. The molecule has 1 N–H and O–H groups in total. The molecule has 4 nitrogen and oxygen atoms in total. The third-order valence-corrected chi connectivity index (χ3v) is 3.07. The molecule has 1 amide bonds. The van der Waals surface area contributed by atoms with Gasteiger partial charge in [0.05, 0.1) is 12.3 Å². The molecule has 0 saturated heterocycles. The number of hydrogen-bond acceptors (Lipinski definition) is 3. The first kappa shape index (κ1) is 16.6. The zero-order valence-electron chi connectivity index (χ0n) is 12.8. The summed E-state index contributed by atoms with van der Waals surface area (Å²) < 4.78 is 31.8. The highest BCUT2D eigenvalue weighted by Crippen LogP contribution is 2.13. The number of halogens is 2. The highest BCUT2D eigenvalue weighted by atomic mass is 19.1. The van der Waals surface area contributed by atoms with Gasteiger partial charge < -0.3 is 4.74 Å². The second kappa shape index (κ2) is 7.49. The van der Waals surface area contributed by atoms with Gasteiger partial charge in [0.1, 0.15) is 17.4 Å². The zero-order chi connectivity index (χ0) is 16.8. The first-order chi connectivity index (χ1) is 11.0. The van der Waals surface area contributed by atoms with Crippen LogP contribution in [0, 0.1) is 11.6 Å². The number of hydrogen-bond donors (Lipinski definition) is 1. The lowest BCUT2D eigenvalue weighted by Crippen LogP contribution is -2.19. The monoisotopic (exact) mass is 318 g/mol. The average molecular weight is 318 g/mol. The molecule has 0 spiro atoms. The fourth-order valence-corrected chi connectivity index (χ4v) is 1.91. The van der Waals surface area contributed by atoms with Gasteiger partial charge in [0.15, 0.2) is 0 Å². The minimum Gasteiger partial charge on any atom is -0.494 e. The van der Waals surface area contributed by atoms with E-state index >= 15 is 0 Å². The maximum absolute atomic E-state index is 13.6. The van der Waals surface area contributed by atoms with Crippen LogP contribution in [0.1, 0.15) is 29.8 Å². The molecule has 2 aromatic rings. The molecular formula is C17H16F2N2O2. The molecular weight excluding hydrogens is 302 g/mol. The first-order valence-corrected chi connectivity index (χ1v) is 7.04. The van der Waals surface area contributed by atoms with E-state index in [4.69, 9.17) is 4.74 Å². The molecule has 0 unspecified atom stereocenters. The van der Waals surface area contributed by atoms with Crippen molar-refractivity contribution in [3.63, 3.8) is 0 Å². The highest BCUT2D eigenvalue weighted by Gasteiger charge is 2.09. The molecule has 0 aromatic heterocycles. The van der Waals surface area contributed by atoms with Crippen LogP contribution in [-0.2, 0) is 0 Å². The van der Waals surface area contributed by atoms with E-state index < -0.39 is 17.5 Å². The molecule has 2 rings (SSSR count). The summed E-state index contributed by atoms with van der Waals surface area (Å²) in [7, 11) is 0. The smallest absolute Gasteiger partial charge is 0.271 e. The molecule has 0 fully saturated rings. The summed E-state index contributed by atoms with van der Waals surface area (Å²) >= 11 is 0. The van der Waals surface area contributed by atoms with Crippen molar-refractivity contribution >= 4 is 11.6 Å². The summed E-state index contributed by atoms with van der Waals surface area (Å²) in [5.41, 5.74) is 3.09. The summed E-state index contributed by atoms with van der Waals surface area (Å²) in [4.78, 5) is 12.0. The topological polar surface area (TPSA) is 50.7 Å². The predicted octanol–water partition coefficient (Wildman–Crippen LogP) is 3.52. The Bertz CT molecular complexity index is 728. The molecule has 0 aliphatic carbocycles. The summed E-state index contributed by atoms with van der Waals surface area (Å²) in [6, 6.07) is 9.72. The maximum Gasteiger partial charge on any atom is 0.271 e. The van der Waals surface area contributed by atoms with E-state index in [1.54, 1.807) is 24.3 Å². The number of benzene rings is 2. The Morgan fingerprint density at radius 3 is 2.48 bits per heavy atom. The van der Waals surface area contributed by atoms with Crippen molar-refractivity contribution in [2.24, 2.45) is 5.10 Å². The molecule has 2 aromatic carbocycles. The molecule has 0 aliphatic rings. The second-order valence-corrected chi connectivity index (χ2v) is 4.72. The highest BCUT2D eigenvalue weighted by molar-refractivity contribution is 6.01. The molecule has 6 heteroatoms. The fourth-order valence-electron chi connectivity index (χ4n) is 1.91. The molecule has 0 radical (unpaired) electrons. The number of hydrazone groups is 1. The fraction of sp³-hybridized carbons (Fsp3) is 0.176. The summed E-state index contributed by atoms with van der Waals surface area (Å²) in [5, 5.41) is 3.84. The van der Waals surface area contributed by atoms with E-state index in [9.17, 15) is 13.6 Å². The van der Waals surface area contributed by atoms with Crippen LogP contribution in [0.4, 0.5) is 8.78 Å². The van der Waals surface area contributed by atoms with Gasteiger partial charge in [-0.2, -0.15) is 5.10 Å². The van der Waals surface area contributed by atoms with E-state index in [1.807, 2.05) is 6.92 Å². The van der Waals surface area contributed by atoms with Gasteiger partial charge in [-0.25, -0.2) is 14.2 Å². The van der Waals surface area contributed by atoms with Crippen LogP contribution in [-0.4, -0.2) is 18.2 Å². The number of amides is 1. The van der Waals surface area contributed by atoms with Gasteiger partial charge in [0.25, 0.3) is 5.91 Å². The quantitative estimate of drug-likeness (QED) is 0.677. The minimum absolute atomic E-state index is 0.124. The van der Waals surface area contributed by atoms with Gasteiger partial charge in [-0.1, -0.05) is 0 Å². The summed E-state index contributed by atoms with van der Waals surface area (Å²) in [6.45, 7) is 3.93. The van der Waals surface area contributed by atoms with E-state index in [1.165, 1.54) is 13.0 Å². The summed E-state index contributed by atoms with van der Waals surface area (Å²) in [5.74, 6) is -1.17. The van der Waals surface area contributed by atoms with Gasteiger partial charge in [0, 0.05) is 17.2 Å². The molecule has 0 aliphatic heterocycles. The Kier molecular flexibility index (Phi) is 5.41. The van der Waals surface area contributed by atoms with Crippen LogP contribution in [0.2, 0.25) is 0 Å². The average Bonchev–Trinajstić information content (AvgIpc) is 2.53. The molecule has 0 heterocycles. The number of nitrogens with zero attached hydrogens (tertiary/aromatic N) is 1. The number of ether oxygens (including phenoxy) is 1. The van der Waals surface area contributed by atoms with Crippen LogP contribution >= 0.6 is 0 Å². The van der Waals surface area contributed by atoms with Gasteiger partial charge in [0.2, 0.25) is 0 Å². The Labute approximate surface area is 132 Å². The third kappa shape index (κ3) is 4.35. The minimum atomic E-state index is -0.735. The van der Waals surface area contributed by atoms with Gasteiger partial charge in [-0.3, -0.25) is 4.79 Å². The lowest BCUT2D eigenvalue weighted by molar-refractivity contribution is 0.0955. The Morgan fingerprint density at radius 2 is 1.87 bits per heavy atom. The molecule has 0 saturated carbocycles. The Hall–Kier alpha value is -2.76. The molecule has 0 atom stereocenters. The first-order valence-electron chi connectivity index (χ1n) is 7.04. The number of carbonyl (C=O) groups is 1.